The fourth-order valence-corrected chi connectivity index (χ4v) is 1.02. The Hall–Kier alpha value is -1.42. The zero-order valence-corrected chi connectivity index (χ0v) is 9.83. The second-order valence-electron chi connectivity index (χ2n) is 3.56. The van der Waals surface area contributed by atoms with Crippen LogP contribution in [0.5, 0.6) is 0 Å². The number of hydrazine groups is 1. The van der Waals surface area contributed by atoms with Crippen LogP contribution in [-0.4, -0.2) is 11.6 Å². The smallest absolute Gasteiger partial charge is 0.0335 e. The highest BCUT2D eigenvalue weighted by Gasteiger charge is 1.97. The van der Waals surface area contributed by atoms with E-state index in [0.29, 0.717) is 5.70 Å². The first-order valence-corrected chi connectivity index (χ1v) is 5.07. The van der Waals surface area contributed by atoms with Crippen LogP contribution in [0.25, 0.3) is 0 Å². The topological polar surface area (TPSA) is 81.3 Å². The molecule has 0 bridgehead atoms. The van der Waals surface area contributed by atoms with Gasteiger partial charge < -0.3 is 16.5 Å². The van der Waals surface area contributed by atoms with Gasteiger partial charge in [0.2, 0.25) is 0 Å². The van der Waals surface area contributed by atoms with Gasteiger partial charge in [0.15, 0.2) is 0 Å². The molecule has 0 aromatic carbocycles. The van der Waals surface area contributed by atoms with Gasteiger partial charge in [0.25, 0.3) is 0 Å². The second-order valence-corrected chi connectivity index (χ2v) is 3.56. The minimum atomic E-state index is 0.642. The summed E-state index contributed by atoms with van der Waals surface area (Å²) in [6.07, 6.45) is 6.36. The van der Waals surface area contributed by atoms with Crippen LogP contribution in [0.3, 0.4) is 0 Å². The van der Waals surface area contributed by atoms with E-state index < -0.39 is 0 Å². The first-order valence-electron chi connectivity index (χ1n) is 5.07. The van der Waals surface area contributed by atoms with Crippen LogP contribution in [0.2, 0.25) is 0 Å². The Morgan fingerprint density at radius 3 is 2.27 bits per heavy atom. The zero-order chi connectivity index (χ0) is 11.8. The van der Waals surface area contributed by atoms with Gasteiger partial charge in [-0.05, 0) is 38.5 Å². The van der Waals surface area contributed by atoms with E-state index in [1.165, 1.54) is 0 Å². The maximum Gasteiger partial charge on any atom is 0.0335 e. The van der Waals surface area contributed by atoms with E-state index in [1.807, 2.05) is 19.9 Å². The Morgan fingerprint density at radius 1 is 1.20 bits per heavy atom. The zero-order valence-electron chi connectivity index (χ0n) is 9.83. The monoisotopic (exact) mass is 210 g/mol. The van der Waals surface area contributed by atoms with Gasteiger partial charge in [0.1, 0.15) is 0 Å². The van der Waals surface area contributed by atoms with Gasteiger partial charge in [-0.15, -0.1) is 0 Å². The molecular formula is C11H22N4. The van der Waals surface area contributed by atoms with Crippen molar-refractivity contribution in [2.45, 2.75) is 27.2 Å². The van der Waals surface area contributed by atoms with Gasteiger partial charge in [-0.1, -0.05) is 6.92 Å². The molecule has 0 aliphatic carbocycles. The summed E-state index contributed by atoms with van der Waals surface area (Å²) >= 11 is 0. The number of allylic oxidation sites excluding steroid dienone is 5. The molecule has 0 atom stereocenters. The summed E-state index contributed by atoms with van der Waals surface area (Å²) in [7, 11) is 0. The number of nitrogens with zero attached hydrogens (tertiary/aromatic N) is 1. The Morgan fingerprint density at radius 2 is 1.80 bits per heavy atom. The lowest BCUT2D eigenvalue weighted by Gasteiger charge is -2.18. The first-order chi connectivity index (χ1) is 6.97. The van der Waals surface area contributed by atoms with E-state index in [4.69, 9.17) is 17.3 Å². The summed E-state index contributed by atoms with van der Waals surface area (Å²) in [5, 5.41) is 1.68. The van der Waals surface area contributed by atoms with E-state index >= 15 is 0 Å². The summed E-state index contributed by atoms with van der Waals surface area (Å²) in [5.41, 5.74) is 13.5. The molecule has 0 fully saturated rings. The minimum absolute atomic E-state index is 0.642. The molecule has 15 heavy (non-hydrogen) atoms. The fraction of sp³-hybridized carbons (Fsp3) is 0.455. The van der Waals surface area contributed by atoms with Crippen molar-refractivity contribution in [3.05, 3.63) is 35.3 Å². The molecule has 0 saturated carbocycles. The highest BCUT2D eigenvalue weighted by Crippen LogP contribution is 2.01. The SMILES string of the molecule is CCCN(N)/C(C)=C/C(N)=C\C=C(/C)N. The summed E-state index contributed by atoms with van der Waals surface area (Å²) in [6.45, 7) is 6.64. The third-order valence-corrected chi connectivity index (χ3v) is 1.83. The van der Waals surface area contributed by atoms with Gasteiger partial charge in [0.05, 0.1) is 0 Å². The quantitative estimate of drug-likeness (QED) is 0.361. The molecule has 0 aliphatic heterocycles. The lowest BCUT2D eigenvalue weighted by molar-refractivity contribution is 0.359. The molecule has 0 rings (SSSR count). The first kappa shape index (κ1) is 13.6. The number of hydrogen-bond acceptors (Lipinski definition) is 4. The molecule has 0 aromatic heterocycles. The highest BCUT2D eigenvalue weighted by molar-refractivity contribution is 5.24. The van der Waals surface area contributed by atoms with Crippen molar-refractivity contribution in [1.82, 2.24) is 5.01 Å². The van der Waals surface area contributed by atoms with Crippen LogP contribution >= 0.6 is 0 Å². The van der Waals surface area contributed by atoms with Crippen LogP contribution in [-0.2, 0) is 0 Å². The van der Waals surface area contributed by atoms with Crippen molar-refractivity contribution in [3.8, 4) is 0 Å². The lowest BCUT2D eigenvalue weighted by Crippen LogP contribution is -2.30. The molecule has 0 heterocycles. The molecule has 6 N–H and O–H groups in total. The maximum absolute atomic E-state index is 5.77. The number of rotatable bonds is 5. The number of nitrogens with two attached hydrogens (primary N) is 3. The van der Waals surface area contributed by atoms with Crippen molar-refractivity contribution in [2.75, 3.05) is 6.54 Å². The van der Waals surface area contributed by atoms with Gasteiger partial charge in [-0.25, -0.2) is 5.84 Å². The van der Waals surface area contributed by atoms with Gasteiger partial charge in [-0.2, -0.15) is 0 Å². The standard InChI is InChI=1S/C11H22N4/c1-4-7-15(14)10(3)8-11(13)6-5-9(2)12/h5-6,8H,4,7,12-14H2,1-3H3/b9-5+,10-8+,11-6+. The molecule has 0 saturated heterocycles. The number of hydrogen-bond donors (Lipinski definition) is 3. The van der Waals surface area contributed by atoms with Gasteiger partial charge in [0, 0.05) is 23.6 Å². The van der Waals surface area contributed by atoms with Crippen molar-refractivity contribution >= 4 is 0 Å². The Balaban J connectivity index is 4.47. The summed E-state index contributed by atoms with van der Waals surface area (Å²) in [4.78, 5) is 0. The molecule has 4 heteroatoms. The van der Waals surface area contributed by atoms with Crippen LogP contribution in [0, 0.1) is 0 Å². The van der Waals surface area contributed by atoms with Crippen molar-refractivity contribution in [1.29, 1.82) is 0 Å². The lowest BCUT2D eigenvalue weighted by atomic mass is 10.3. The molecule has 86 valence electrons. The molecule has 0 aromatic rings. The van der Waals surface area contributed by atoms with Crippen LogP contribution in [0.15, 0.2) is 35.3 Å². The Kier molecular flexibility index (Phi) is 6.29. The predicted molar refractivity (Wildman–Crippen MR) is 65.2 cm³/mol. The van der Waals surface area contributed by atoms with E-state index in [0.717, 1.165) is 24.4 Å². The van der Waals surface area contributed by atoms with Crippen molar-refractivity contribution < 1.29 is 0 Å². The van der Waals surface area contributed by atoms with Crippen molar-refractivity contribution in [2.24, 2.45) is 17.3 Å². The highest BCUT2D eigenvalue weighted by atomic mass is 15.4. The Labute approximate surface area is 92.1 Å². The molecule has 0 unspecified atom stereocenters. The predicted octanol–water partition coefficient (Wildman–Crippen LogP) is 1.18. The normalized spacial score (nSPS) is 14.3. The molecular weight excluding hydrogens is 188 g/mol. The fourth-order valence-electron chi connectivity index (χ4n) is 1.02. The van der Waals surface area contributed by atoms with E-state index in [9.17, 15) is 0 Å². The van der Waals surface area contributed by atoms with Gasteiger partial charge in [-0.3, -0.25) is 0 Å². The van der Waals surface area contributed by atoms with Crippen LogP contribution in [0.4, 0.5) is 0 Å². The maximum atomic E-state index is 5.77. The third kappa shape index (κ3) is 6.62. The average molecular weight is 210 g/mol. The molecule has 0 amide bonds. The van der Waals surface area contributed by atoms with E-state index in [2.05, 4.69) is 6.92 Å². The summed E-state index contributed by atoms with van der Waals surface area (Å²) in [6, 6.07) is 0. The second kappa shape index (κ2) is 6.95. The van der Waals surface area contributed by atoms with E-state index in [1.54, 1.807) is 17.2 Å². The molecule has 0 aliphatic rings. The third-order valence-electron chi connectivity index (χ3n) is 1.83. The van der Waals surface area contributed by atoms with Gasteiger partial charge >= 0.3 is 0 Å². The minimum Gasteiger partial charge on any atom is -0.402 e. The average Bonchev–Trinajstić information content (AvgIpc) is 2.15. The molecule has 4 nitrogen and oxygen atoms in total. The van der Waals surface area contributed by atoms with Crippen molar-refractivity contribution in [3.63, 3.8) is 0 Å². The molecule has 0 spiro atoms. The summed E-state index contributed by atoms with van der Waals surface area (Å²) < 4.78 is 0. The largest absolute Gasteiger partial charge is 0.402 e. The molecule has 0 radical (unpaired) electrons. The Bertz CT molecular complexity index is 272. The van der Waals surface area contributed by atoms with Crippen LogP contribution < -0.4 is 17.3 Å². The van der Waals surface area contributed by atoms with Crippen LogP contribution in [0.1, 0.15) is 27.2 Å². The summed E-state index contributed by atoms with van der Waals surface area (Å²) in [5.74, 6) is 5.77. The van der Waals surface area contributed by atoms with E-state index in [-0.39, 0.29) is 0 Å².